The minimum Gasteiger partial charge on any atom is -0.494 e. The van der Waals surface area contributed by atoms with Gasteiger partial charge in [-0.1, -0.05) is 18.2 Å². The van der Waals surface area contributed by atoms with Gasteiger partial charge in [0.15, 0.2) is 5.76 Å². The van der Waals surface area contributed by atoms with Gasteiger partial charge in [0.05, 0.1) is 12.8 Å². The standard InChI is InChI=1S/C23H23N3O3/c1-4-28-18-9-10-21-16(11-18)12-22(29-21)23(27)25-24-13-17-14-26(15(2)3)20-8-6-5-7-19(17)20/h5-15H,4H2,1-3H3,(H,25,27)/b24-13+. The van der Waals surface area contributed by atoms with Crippen molar-refractivity contribution in [1.82, 2.24) is 9.99 Å². The van der Waals surface area contributed by atoms with Crippen LogP contribution < -0.4 is 10.2 Å². The molecule has 148 valence electrons. The minimum atomic E-state index is -0.400. The topological polar surface area (TPSA) is 68.8 Å². The first-order valence-electron chi connectivity index (χ1n) is 9.66. The van der Waals surface area contributed by atoms with E-state index in [1.807, 2.05) is 43.5 Å². The Bertz CT molecular complexity index is 1200. The van der Waals surface area contributed by atoms with Gasteiger partial charge >= 0.3 is 5.91 Å². The number of aromatic nitrogens is 1. The zero-order chi connectivity index (χ0) is 20.4. The molecular formula is C23H23N3O3. The molecule has 2 aromatic heterocycles. The molecule has 4 aromatic rings. The summed E-state index contributed by atoms with van der Waals surface area (Å²) in [6.45, 7) is 6.77. The fraction of sp³-hybridized carbons (Fsp3) is 0.217. The molecule has 0 aliphatic heterocycles. The van der Waals surface area contributed by atoms with Gasteiger partial charge in [-0.3, -0.25) is 4.79 Å². The van der Waals surface area contributed by atoms with Crippen molar-refractivity contribution in [3.63, 3.8) is 0 Å². The van der Waals surface area contributed by atoms with E-state index in [1.54, 1.807) is 18.3 Å². The van der Waals surface area contributed by atoms with Crippen LogP contribution in [0, 0.1) is 0 Å². The molecule has 0 radical (unpaired) electrons. The number of ether oxygens (including phenoxy) is 1. The molecule has 0 spiro atoms. The lowest BCUT2D eigenvalue weighted by atomic mass is 10.2. The lowest BCUT2D eigenvalue weighted by molar-refractivity contribution is 0.0929. The highest BCUT2D eigenvalue weighted by Crippen LogP contribution is 2.25. The third kappa shape index (κ3) is 3.74. The average Bonchev–Trinajstić information content (AvgIpc) is 3.30. The molecule has 0 saturated heterocycles. The Morgan fingerprint density at radius 2 is 2.07 bits per heavy atom. The molecular weight excluding hydrogens is 366 g/mol. The van der Waals surface area contributed by atoms with Crippen molar-refractivity contribution in [1.29, 1.82) is 0 Å². The van der Waals surface area contributed by atoms with Crippen LogP contribution in [-0.2, 0) is 0 Å². The highest BCUT2D eigenvalue weighted by molar-refractivity contribution is 6.01. The molecule has 2 heterocycles. The summed E-state index contributed by atoms with van der Waals surface area (Å²) in [5, 5.41) is 6.03. The molecule has 2 aromatic carbocycles. The number of nitrogens with zero attached hydrogens (tertiary/aromatic N) is 2. The lowest BCUT2D eigenvalue weighted by Crippen LogP contribution is -2.16. The predicted molar refractivity (Wildman–Crippen MR) is 115 cm³/mol. The average molecular weight is 389 g/mol. The fourth-order valence-corrected chi connectivity index (χ4v) is 3.37. The Labute approximate surface area is 168 Å². The number of nitrogens with one attached hydrogen (secondary N) is 1. The van der Waals surface area contributed by atoms with Crippen LogP contribution in [0.4, 0.5) is 0 Å². The predicted octanol–water partition coefficient (Wildman–Crippen LogP) is 5.13. The van der Waals surface area contributed by atoms with Crippen molar-refractivity contribution in [3.05, 3.63) is 66.1 Å². The first-order chi connectivity index (χ1) is 14.1. The second-order valence-electron chi connectivity index (χ2n) is 7.05. The molecule has 0 aliphatic carbocycles. The Kier molecular flexibility index (Phi) is 5.08. The largest absolute Gasteiger partial charge is 0.494 e. The van der Waals surface area contributed by atoms with Gasteiger partial charge in [0.25, 0.3) is 0 Å². The van der Waals surface area contributed by atoms with E-state index in [4.69, 9.17) is 9.15 Å². The van der Waals surface area contributed by atoms with Crippen LogP contribution in [0.3, 0.4) is 0 Å². The summed E-state index contributed by atoms with van der Waals surface area (Å²) in [6.07, 6.45) is 3.70. The van der Waals surface area contributed by atoms with Crippen molar-refractivity contribution >= 4 is 34.0 Å². The maximum atomic E-state index is 12.4. The normalized spacial score (nSPS) is 11.7. The van der Waals surface area contributed by atoms with Crippen LogP contribution in [0.25, 0.3) is 21.9 Å². The number of amides is 1. The molecule has 29 heavy (non-hydrogen) atoms. The second-order valence-corrected chi connectivity index (χ2v) is 7.05. The Morgan fingerprint density at radius 1 is 1.24 bits per heavy atom. The summed E-state index contributed by atoms with van der Waals surface area (Å²) in [4.78, 5) is 12.4. The first-order valence-corrected chi connectivity index (χ1v) is 9.66. The van der Waals surface area contributed by atoms with Gasteiger partial charge in [-0.15, -0.1) is 0 Å². The van der Waals surface area contributed by atoms with E-state index in [2.05, 4.69) is 35.0 Å². The van der Waals surface area contributed by atoms with Gasteiger partial charge in [0.1, 0.15) is 11.3 Å². The first kappa shape index (κ1) is 18.8. The summed E-state index contributed by atoms with van der Waals surface area (Å²) in [7, 11) is 0. The molecule has 6 heteroatoms. The quantitative estimate of drug-likeness (QED) is 0.367. The maximum Gasteiger partial charge on any atom is 0.307 e. The SMILES string of the molecule is CCOc1ccc2oc(C(=O)N/N=C/c3cn(C(C)C)c4ccccc34)cc2c1. The summed E-state index contributed by atoms with van der Waals surface area (Å²) >= 11 is 0. The van der Waals surface area contributed by atoms with Gasteiger partial charge in [-0.2, -0.15) is 5.10 Å². The van der Waals surface area contributed by atoms with Gasteiger partial charge < -0.3 is 13.7 Å². The second kappa shape index (κ2) is 7.83. The summed E-state index contributed by atoms with van der Waals surface area (Å²) in [6, 6.07) is 15.6. The molecule has 0 atom stereocenters. The fourth-order valence-electron chi connectivity index (χ4n) is 3.37. The van der Waals surface area contributed by atoms with Crippen LogP contribution in [0.2, 0.25) is 0 Å². The minimum absolute atomic E-state index is 0.204. The number of para-hydroxylation sites is 1. The van der Waals surface area contributed by atoms with E-state index in [1.165, 1.54) is 0 Å². The van der Waals surface area contributed by atoms with Gasteiger partial charge in [0.2, 0.25) is 0 Å². The molecule has 0 aliphatic rings. The van der Waals surface area contributed by atoms with E-state index in [0.29, 0.717) is 18.2 Å². The number of carbonyl (C=O) groups excluding carboxylic acids is 1. The smallest absolute Gasteiger partial charge is 0.307 e. The molecule has 0 fully saturated rings. The van der Waals surface area contributed by atoms with E-state index < -0.39 is 5.91 Å². The van der Waals surface area contributed by atoms with E-state index in [9.17, 15) is 4.79 Å². The molecule has 6 nitrogen and oxygen atoms in total. The number of hydrogen-bond donors (Lipinski definition) is 1. The maximum absolute atomic E-state index is 12.4. The van der Waals surface area contributed by atoms with Crippen molar-refractivity contribution in [3.8, 4) is 5.75 Å². The van der Waals surface area contributed by atoms with Crippen molar-refractivity contribution in [2.24, 2.45) is 5.10 Å². The van der Waals surface area contributed by atoms with E-state index >= 15 is 0 Å². The monoisotopic (exact) mass is 389 g/mol. The van der Waals surface area contributed by atoms with Crippen LogP contribution in [0.5, 0.6) is 5.75 Å². The van der Waals surface area contributed by atoms with Crippen LogP contribution in [0.15, 0.2) is 64.2 Å². The van der Waals surface area contributed by atoms with Crippen LogP contribution in [-0.4, -0.2) is 23.3 Å². The summed E-state index contributed by atoms with van der Waals surface area (Å²) in [5.74, 6) is 0.547. The van der Waals surface area contributed by atoms with Crippen LogP contribution in [0.1, 0.15) is 42.9 Å². The number of carbonyl (C=O) groups is 1. The van der Waals surface area contributed by atoms with Gasteiger partial charge in [-0.25, -0.2) is 5.43 Å². The zero-order valence-electron chi connectivity index (χ0n) is 16.7. The molecule has 0 bridgehead atoms. The van der Waals surface area contributed by atoms with Gasteiger partial charge in [0, 0.05) is 34.1 Å². The molecule has 1 amide bonds. The van der Waals surface area contributed by atoms with Crippen molar-refractivity contribution in [2.75, 3.05) is 6.61 Å². The van der Waals surface area contributed by atoms with E-state index in [-0.39, 0.29) is 5.76 Å². The molecule has 0 unspecified atom stereocenters. The molecule has 0 saturated carbocycles. The Hall–Kier alpha value is -3.54. The third-order valence-electron chi connectivity index (χ3n) is 4.72. The van der Waals surface area contributed by atoms with E-state index in [0.717, 1.165) is 27.6 Å². The van der Waals surface area contributed by atoms with Crippen molar-refractivity contribution < 1.29 is 13.9 Å². The van der Waals surface area contributed by atoms with Crippen molar-refractivity contribution in [2.45, 2.75) is 26.8 Å². The number of fused-ring (bicyclic) bond motifs is 2. The Morgan fingerprint density at radius 3 is 2.86 bits per heavy atom. The summed E-state index contributed by atoms with van der Waals surface area (Å²) < 4.78 is 13.3. The number of hydrazone groups is 1. The Balaban J connectivity index is 1.53. The van der Waals surface area contributed by atoms with Crippen LogP contribution >= 0.6 is 0 Å². The van der Waals surface area contributed by atoms with Gasteiger partial charge in [-0.05, 0) is 51.1 Å². The highest BCUT2D eigenvalue weighted by Gasteiger charge is 2.13. The summed E-state index contributed by atoms with van der Waals surface area (Å²) in [5.41, 5.74) is 5.26. The number of benzene rings is 2. The lowest BCUT2D eigenvalue weighted by Gasteiger charge is -2.08. The zero-order valence-corrected chi connectivity index (χ0v) is 16.7. The number of rotatable bonds is 6. The molecule has 4 rings (SSSR count). The molecule has 1 N–H and O–H groups in total. The highest BCUT2D eigenvalue weighted by atomic mass is 16.5. The third-order valence-corrected chi connectivity index (χ3v) is 4.72. The number of furan rings is 1. The number of hydrogen-bond acceptors (Lipinski definition) is 4.